The maximum atomic E-state index is 14.6. The van der Waals surface area contributed by atoms with Gasteiger partial charge in [0, 0.05) is 18.3 Å². The van der Waals surface area contributed by atoms with Crippen molar-refractivity contribution in [1.82, 2.24) is 14.7 Å². The number of carboxylic acids is 1. The molecule has 0 saturated carbocycles. The third-order valence-electron chi connectivity index (χ3n) is 6.66. The molecule has 9 nitrogen and oxygen atoms in total. The van der Waals surface area contributed by atoms with Gasteiger partial charge in [-0.2, -0.15) is 5.10 Å². The van der Waals surface area contributed by atoms with Crippen LogP contribution >= 0.6 is 0 Å². The van der Waals surface area contributed by atoms with Gasteiger partial charge in [-0.05, 0) is 61.6 Å². The summed E-state index contributed by atoms with van der Waals surface area (Å²) < 4.78 is 48.9. The molecule has 1 heterocycles. The number of carbonyl (C=O) groups excluding carboxylic acids is 1. The number of halogens is 3. The number of ether oxygens (including phenoxy) is 1. The van der Waals surface area contributed by atoms with Crippen LogP contribution < -0.4 is 34.3 Å². The molecule has 3 aromatic rings. The van der Waals surface area contributed by atoms with Gasteiger partial charge in [0.05, 0.1) is 43.5 Å². The Labute approximate surface area is 265 Å². The van der Waals surface area contributed by atoms with Crippen molar-refractivity contribution in [3.8, 4) is 11.4 Å². The summed E-state index contributed by atoms with van der Waals surface area (Å²) in [5, 5.41) is 33.8. The molecule has 0 bridgehead atoms. The first kappa shape index (κ1) is 35.3. The molecule has 1 amide bonds. The van der Waals surface area contributed by atoms with Crippen molar-refractivity contribution in [2.75, 3.05) is 14.2 Å². The number of aliphatic carboxylic acids is 1. The van der Waals surface area contributed by atoms with E-state index in [1.165, 1.54) is 54.1 Å². The molecule has 2 unspecified atom stereocenters. The second kappa shape index (κ2) is 15.5. The van der Waals surface area contributed by atoms with Crippen molar-refractivity contribution in [2.24, 2.45) is 0 Å². The maximum absolute atomic E-state index is 14.6. The smallest absolute Gasteiger partial charge is 1.00 e. The number of nitrogens with zero attached hydrogens (tertiary/aromatic N) is 3. The molecule has 1 aromatic heterocycles. The van der Waals surface area contributed by atoms with Gasteiger partial charge in [-0.3, -0.25) is 9.59 Å². The van der Waals surface area contributed by atoms with E-state index in [9.17, 15) is 33.0 Å². The number of aliphatic hydroxyl groups is 2. The average Bonchev–Trinajstić information content (AvgIpc) is 3.29. The topological polar surface area (TPSA) is 125 Å². The predicted octanol–water partition coefficient (Wildman–Crippen LogP) is 1.33. The molecule has 3 N–H and O–H groups in total. The second-order valence-corrected chi connectivity index (χ2v) is 10.1. The van der Waals surface area contributed by atoms with Crippen LogP contribution in [0, 0.1) is 17.5 Å². The standard InChI is InChI=1S/C29H34F3N3O6.Na.H/c1-16(2)26-23(11-9-19(36)13-20(37)14-25(38)39)35(18-7-5-17(30)6-8-18)33-28(26)29(40)34(3)15-21-24(41-4)12-10-22(31)27(21)32;;/h5-8,10,12,16,19-20,36-37H,9,11,13-15H2,1-4H3,(H,38,39);;/q;+1;-1. The third-order valence-corrected chi connectivity index (χ3v) is 6.66. The van der Waals surface area contributed by atoms with Gasteiger partial charge in [0.25, 0.3) is 5.91 Å². The normalized spacial score (nSPS) is 12.5. The van der Waals surface area contributed by atoms with E-state index in [0.29, 0.717) is 16.9 Å². The summed E-state index contributed by atoms with van der Waals surface area (Å²) in [6, 6.07) is 7.63. The summed E-state index contributed by atoms with van der Waals surface area (Å²) >= 11 is 0. The summed E-state index contributed by atoms with van der Waals surface area (Å²) in [7, 11) is 2.72. The molecule has 2 aromatic carbocycles. The Kier molecular flexibility index (Phi) is 13.1. The molecule has 0 aliphatic rings. The largest absolute Gasteiger partial charge is 1.00 e. The van der Waals surface area contributed by atoms with E-state index in [2.05, 4.69) is 5.10 Å². The molecule has 0 aliphatic heterocycles. The summed E-state index contributed by atoms with van der Waals surface area (Å²) in [5.74, 6) is -4.64. The molecule has 13 heteroatoms. The van der Waals surface area contributed by atoms with Crippen LogP contribution in [0.15, 0.2) is 36.4 Å². The van der Waals surface area contributed by atoms with Crippen molar-refractivity contribution in [2.45, 2.75) is 64.2 Å². The monoisotopic (exact) mass is 601 g/mol. The molecule has 224 valence electrons. The molecule has 42 heavy (non-hydrogen) atoms. The van der Waals surface area contributed by atoms with Gasteiger partial charge in [0.2, 0.25) is 0 Å². The number of aromatic nitrogens is 2. The summed E-state index contributed by atoms with van der Waals surface area (Å²) in [6.07, 6.45) is -2.67. The van der Waals surface area contributed by atoms with E-state index in [0.717, 1.165) is 6.07 Å². The van der Waals surface area contributed by atoms with Gasteiger partial charge in [0.1, 0.15) is 11.6 Å². The Bertz CT molecular complexity index is 1390. The number of amides is 1. The van der Waals surface area contributed by atoms with Gasteiger partial charge < -0.3 is 26.4 Å². The van der Waals surface area contributed by atoms with Crippen LogP contribution in [-0.4, -0.2) is 68.2 Å². The Morgan fingerprint density at radius 2 is 1.71 bits per heavy atom. The summed E-state index contributed by atoms with van der Waals surface area (Å²) in [6.45, 7) is 3.37. The quantitative estimate of drug-likeness (QED) is 0.253. The summed E-state index contributed by atoms with van der Waals surface area (Å²) in [5.41, 5.74) is 1.43. The zero-order valence-corrected chi connectivity index (χ0v) is 26.3. The molecular formula is C29H35F3N3NaO6. The number of aliphatic hydroxyl groups excluding tert-OH is 2. The summed E-state index contributed by atoms with van der Waals surface area (Å²) in [4.78, 5) is 25.7. The minimum absolute atomic E-state index is 0. The third kappa shape index (κ3) is 8.57. The minimum atomic E-state index is -1.24. The van der Waals surface area contributed by atoms with Crippen LogP contribution in [0.4, 0.5) is 13.2 Å². The number of hydrogen-bond acceptors (Lipinski definition) is 6. The molecular weight excluding hydrogens is 566 g/mol. The number of carbonyl (C=O) groups is 2. The number of methoxy groups -OCH3 is 1. The van der Waals surface area contributed by atoms with E-state index in [-0.39, 0.29) is 79.7 Å². The maximum Gasteiger partial charge on any atom is 1.00 e. The van der Waals surface area contributed by atoms with Gasteiger partial charge in [-0.1, -0.05) is 13.8 Å². The van der Waals surface area contributed by atoms with Gasteiger partial charge in [-0.25, -0.2) is 17.9 Å². The van der Waals surface area contributed by atoms with E-state index < -0.39 is 48.0 Å². The SMILES string of the molecule is COc1ccc(F)c(F)c1CN(C)C(=O)c1nn(-c2ccc(F)cc2)c(CCC(O)CC(O)CC(=O)O)c1C(C)C.[H-].[Na+]. The zero-order valence-electron chi connectivity index (χ0n) is 25.3. The predicted molar refractivity (Wildman–Crippen MR) is 145 cm³/mol. The molecule has 0 aliphatic carbocycles. The number of benzene rings is 2. The van der Waals surface area contributed by atoms with Crippen molar-refractivity contribution in [3.05, 3.63) is 76.4 Å². The van der Waals surface area contributed by atoms with Crippen molar-refractivity contribution in [1.29, 1.82) is 0 Å². The van der Waals surface area contributed by atoms with Crippen LogP contribution in [0.5, 0.6) is 5.75 Å². The van der Waals surface area contributed by atoms with Gasteiger partial charge in [0.15, 0.2) is 17.3 Å². The Morgan fingerprint density at radius 1 is 1.07 bits per heavy atom. The molecule has 0 saturated heterocycles. The Balaban J connectivity index is 0.00000462. The van der Waals surface area contributed by atoms with Crippen molar-refractivity contribution in [3.63, 3.8) is 0 Å². The molecule has 0 spiro atoms. The average molecular weight is 602 g/mol. The van der Waals surface area contributed by atoms with Gasteiger partial charge in [-0.15, -0.1) is 0 Å². The molecule has 0 fully saturated rings. The minimum Gasteiger partial charge on any atom is -1.00 e. The fraction of sp³-hybridized carbons (Fsp3) is 0.414. The second-order valence-electron chi connectivity index (χ2n) is 10.1. The first-order valence-electron chi connectivity index (χ1n) is 13.1. The molecule has 2 atom stereocenters. The van der Waals surface area contributed by atoms with Crippen LogP contribution in [0.25, 0.3) is 5.69 Å². The molecule has 0 radical (unpaired) electrons. The van der Waals surface area contributed by atoms with Crippen LogP contribution in [0.3, 0.4) is 0 Å². The van der Waals surface area contributed by atoms with Gasteiger partial charge >= 0.3 is 35.5 Å². The van der Waals surface area contributed by atoms with Crippen LogP contribution in [0.2, 0.25) is 0 Å². The number of hydrogen-bond donors (Lipinski definition) is 3. The van der Waals surface area contributed by atoms with Crippen molar-refractivity contribution < 1.29 is 73.8 Å². The Morgan fingerprint density at radius 3 is 2.29 bits per heavy atom. The fourth-order valence-corrected chi connectivity index (χ4v) is 4.69. The van der Waals surface area contributed by atoms with E-state index in [1.54, 1.807) is 0 Å². The molecule has 3 rings (SSSR count). The van der Waals surface area contributed by atoms with Crippen molar-refractivity contribution >= 4 is 11.9 Å². The first-order chi connectivity index (χ1) is 19.3. The van der Waals surface area contributed by atoms with E-state index >= 15 is 0 Å². The zero-order chi connectivity index (χ0) is 30.4. The first-order valence-corrected chi connectivity index (χ1v) is 13.1. The number of rotatable bonds is 13. The fourth-order valence-electron chi connectivity index (χ4n) is 4.69. The number of carboxylic acid groups (broad SMARTS) is 1. The van der Waals surface area contributed by atoms with Crippen LogP contribution in [0.1, 0.15) is 67.8 Å². The van der Waals surface area contributed by atoms with E-state index in [4.69, 9.17) is 9.84 Å². The Hall–Kier alpha value is -2.90. The van der Waals surface area contributed by atoms with Crippen LogP contribution in [-0.2, 0) is 17.8 Å². The van der Waals surface area contributed by atoms with E-state index in [1.807, 2.05) is 13.8 Å².